The Hall–Kier alpha value is -2.08. The Bertz CT molecular complexity index is 788. The third-order valence-corrected chi connectivity index (χ3v) is 6.09. The van der Waals surface area contributed by atoms with Gasteiger partial charge in [0.25, 0.3) is 0 Å². The van der Waals surface area contributed by atoms with Gasteiger partial charge in [0, 0.05) is 5.92 Å². The minimum Gasteiger partial charge on any atom is -0.0632 e. The van der Waals surface area contributed by atoms with Crippen LogP contribution in [0.2, 0.25) is 0 Å². The molecule has 0 heterocycles. The summed E-state index contributed by atoms with van der Waals surface area (Å²) in [5, 5.41) is 0. The van der Waals surface area contributed by atoms with Crippen LogP contribution in [0, 0.1) is 34.6 Å². The van der Waals surface area contributed by atoms with Crippen molar-refractivity contribution in [3.05, 3.63) is 86.5 Å². The molecule has 2 aromatic rings. The van der Waals surface area contributed by atoms with Crippen molar-refractivity contribution in [3.8, 4) is 0 Å². The fourth-order valence-corrected chi connectivity index (χ4v) is 3.65. The lowest BCUT2D eigenvalue weighted by Crippen LogP contribution is -2.08. The van der Waals surface area contributed by atoms with Crippen LogP contribution in [0.4, 0.5) is 0 Å². The van der Waals surface area contributed by atoms with Gasteiger partial charge in [0.1, 0.15) is 0 Å². The topological polar surface area (TPSA) is 0 Å². The van der Waals surface area contributed by atoms with Crippen molar-refractivity contribution in [2.75, 3.05) is 0 Å². The zero-order valence-corrected chi connectivity index (χ0v) is 17.1. The molecule has 1 atom stereocenters. The molecule has 0 saturated carbocycles. The van der Waals surface area contributed by atoms with E-state index in [0.29, 0.717) is 5.92 Å². The molecule has 0 radical (unpaired) electrons. The van der Waals surface area contributed by atoms with E-state index in [4.69, 9.17) is 0 Å². The Labute approximate surface area is 154 Å². The molecule has 0 heteroatoms. The van der Waals surface area contributed by atoms with E-state index in [1.807, 2.05) is 0 Å². The highest BCUT2D eigenvalue weighted by atomic mass is 14.2. The molecule has 0 amide bonds. The summed E-state index contributed by atoms with van der Waals surface area (Å²) in [5.74, 6) is 0.429. The summed E-state index contributed by atoms with van der Waals surface area (Å²) in [6, 6.07) is 10.5. The molecule has 0 aromatic heterocycles. The molecular formula is C25H32. The van der Waals surface area contributed by atoms with E-state index in [-0.39, 0.29) is 0 Å². The van der Waals surface area contributed by atoms with Crippen molar-refractivity contribution in [1.29, 1.82) is 0 Å². The van der Waals surface area contributed by atoms with E-state index in [9.17, 15) is 0 Å². The molecule has 0 fully saturated rings. The first-order chi connectivity index (χ1) is 11.8. The van der Waals surface area contributed by atoms with E-state index in [1.165, 1.54) is 50.1 Å². The Balaban J connectivity index is 2.43. The molecule has 0 N–H and O–H groups in total. The molecule has 0 aliphatic heterocycles. The van der Waals surface area contributed by atoms with Crippen LogP contribution in [0.25, 0.3) is 6.08 Å². The number of allylic oxidation sites excluding steroid dienone is 3. The van der Waals surface area contributed by atoms with Crippen molar-refractivity contribution in [1.82, 2.24) is 0 Å². The van der Waals surface area contributed by atoms with Gasteiger partial charge < -0.3 is 0 Å². The van der Waals surface area contributed by atoms with Gasteiger partial charge in [0.15, 0.2) is 0 Å². The van der Waals surface area contributed by atoms with Crippen molar-refractivity contribution < 1.29 is 0 Å². The summed E-state index contributed by atoms with van der Waals surface area (Å²) in [5.41, 5.74) is 12.8. The van der Waals surface area contributed by atoms with E-state index in [1.54, 1.807) is 0 Å². The highest BCUT2D eigenvalue weighted by Gasteiger charge is 2.19. The highest BCUT2D eigenvalue weighted by molar-refractivity contribution is 5.55. The molecule has 132 valence electrons. The van der Waals surface area contributed by atoms with Crippen molar-refractivity contribution >= 4 is 6.08 Å². The van der Waals surface area contributed by atoms with Gasteiger partial charge in [-0.3, -0.25) is 0 Å². The van der Waals surface area contributed by atoms with Gasteiger partial charge in [-0.1, -0.05) is 60.6 Å². The zero-order valence-electron chi connectivity index (χ0n) is 17.1. The largest absolute Gasteiger partial charge is 0.0632 e. The summed E-state index contributed by atoms with van der Waals surface area (Å²) >= 11 is 0. The summed E-state index contributed by atoms with van der Waals surface area (Å²) in [7, 11) is 0. The Kier molecular flexibility index (Phi) is 6.06. The zero-order chi connectivity index (χ0) is 18.7. The van der Waals surface area contributed by atoms with Crippen LogP contribution < -0.4 is 0 Å². The van der Waals surface area contributed by atoms with Gasteiger partial charge in [0.05, 0.1) is 0 Å². The molecule has 25 heavy (non-hydrogen) atoms. The van der Waals surface area contributed by atoms with Crippen molar-refractivity contribution in [2.45, 2.75) is 61.3 Å². The number of hydrogen-bond acceptors (Lipinski definition) is 0. The second kappa shape index (κ2) is 7.87. The predicted octanol–water partition coefficient (Wildman–Crippen LogP) is 7.38. The van der Waals surface area contributed by atoms with E-state index in [2.05, 4.69) is 97.9 Å². The quantitative estimate of drug-likeness (QED) is 0.512. The maximum absolute atomic E-state index is 2.35. The average Bonchev–Trinajstić information content (AvgIpc) is 2.63. The lowest BCUT2D eigenvalue weighted by Gasteiger charge is -2.24. The molecule has 2 aromatic carbocycles. The molecule has 0 saturated heterocycles. The number of rotatable bonds is 4. The maximum Gasteiger partial charge on any atom is 0.00282 e. The summed E-state index contributed by atoms with van der Waals surface area (Å²) in [6.45, 7) is 18.2. The summed E-state index contributed by atoms with van der Waals surface area (Å²) in [4.78, 5) is 0. The third-order valence-electron chi connectivity index (χ3n) is 6.09. The third kappa shape index (κ3) is 3.95. The predicted molar refractivity (Wildman–Crippen MR) is 112 cm³/mol. The van der Waals surface area contributed by atoms with Gasteiger partial charge in [-0.05, 0) is 87.4 Å². The van der Waals surface area contributed by atoms with Crippen LogP contribution in [0.3, 0.4) is 0 Å². The number of hydrogen-bond donors (Lipinski definition) is 0. The fraction of sp³-hybridized carbons (Fsp3) is 0.360. The van der Waals surface area contributed by atoms with Gasteiger partial charge in [-0.2, -0.15) is 0 Å². The van der Waals surface area contributed by atoms with E-state index < -0.39 is 0 Å². The summed E-state index contributed by atoms with van der Waals surface area (Å²) in [6.07, 6.45) is 4.46. The van der Waals surface area contributed by atoms with Crippen molar-refractivity contribution in [3.63, 3.8) is 0 Å². The smallest absolute Gasteiger partial charge is 0.00282 e. The minimum absolute atomic E-state index is 0.429. The first kappa shape index (κ1) is 19.2. The van der Waals surface area contributed by atoms with Crippen LogP contribution in [0.5, 0.6) is 0 Å². The first-order valence-corrected chi connectivity index (χ1v) is 9.23. The van der Waals surface area contributed by atoms with Gasteiger partial charge in [-0.15, -0.1) is 0 Å². The molecule has 0 aliphatic carbocycles. The Morgan fingerprint density at radius 1 is 0.760 bits per heavy atom. The Morgan fingerprint density at radius 2 is 1.24 bits per heavy atom. The second-order valence-corrected chi connectivity index (χ2v) is 7.37. The van der Waals surface area contributed by atoms with Gasteiger partial charge in [-0.25, -0.2) is 0 Å². The Morgan fingerprint density at radius 3 is 1.76 bits per heavy atom. The van der Waals surface area contributed by atoms with Crippen LogP contribution >= 0.6 is 0 Å². The molecule has 0 spiro atoms. The maximum atomic E-state index is 2.35. The minimum atomic E-state index is 0.429. The molecular weight excluding hydrogens is 300 g/mol. The number of benzene rings is 2. The molecule has 1 unspecified atom stereocenters. The fourth-order valence-electron chi connectivity index (χ4n) is 3.65. The molecule has 0 bridgehead atoms. The first-order valence-electron chi connectivity index (χ1n) is 9.23. The average molecular weight is 333 g/mol. The monoisotopic (exact) mass is 332 g/mol. The van der Waals surface area contributed by atoms with E-state index >= 15 is 0 Å². The second-order valence-electron chi connectivity index (χ2n) is 7.37. The summed E-state index contributed by atoms with van der Waals surface area (Å²) < 4.78 is 0. The van der Waals surface area contributed by atoms with Crippen LogP contribution in [0.15, 0.2) is 47.6 Å². The van der Waals surface area contributed by atoms with Crippen LogP contribution in [-0.4, -0.2) is 0 Å². The molecule has 2 rings (SSSR count). The van der Waals surface area contributed by atoms with Crippen molar-refractivity contribution in [2.24, 2.45) is 0 Å². The van der Waals surface area contributed by atoms with Crippen LogP contribution in [0.1, 0.15) is 65.6 Å². The van der Waals surface area contributed by atoms with E-state index in [0.717, 1.165) is 0 Å². The normalized spacial score (nSPS) is 13.9. The lowest BCUT2D eigenvalue weighted by molar-refractivity contribution is 0.852. The lowest BCUT2D eigenvalue weighted by atomic mass is 9.80. The SMILES string of the molecule is CC(/C=C/c1ccccc1)=C(C)C(C)c1c(C)c(C)c(C)c(C)c1C. The standard InChI is InChI=1S/C25H32/c1-16(14-15-24-12-10-9-11-13-24)17(2)21(6)25-22(7)19(4)18(3)20(5)23(25)8/h9-15,21H,1-8H3/b15-14+,17-16?. The molecule has 0 nitrogen and oxygen atoms in total. The highest BCUT2D eigenvalue weighted by Crippen LogP contribution is 2.35. The molecule has 0 aliphatic rings. The van der Waals surface area contributed by atoms with Crippen LogP contribution in [-0.2, 0) is 0 Å². The van der Waals surface area contributed by atoms with Gasteiger partial charge >= 0.3 is 0 Å². The van der Waals surface area contributed by atoms with Gasteiger partial charge in [0.2, 0.25) is 0 Å².